The van der Waals surface area contributed by atoms with Gasteiger partial charge in [0, 0.05) is 60.4 Å². The first kappa shape index (κ1) is 23.1. The monoisotopic (exact) mass is 517 g/mol. The summed E-state index contributed by atoms with van der Waals surface area (Å²) in [5, 5.41) is 6.58. The molecule has 2 bridgehead atoms. The van der Waals surface area contributed by atoms with Crippen LogP contribution in [0.1, 0.15) is 26.2 Å². The van der Waals surface area contributed by atoms with Crippen molar-refractivity contribution in [2.75, 3.05) is 36.0 Å². The zero-order valence-corrected chi connectivity index (χ0v) is 21.5. The summed E-state index contributed by atoms with van der Waals surface area (Å²) in [5.74, 6) is 0.816. The van der Waals surface area contributed by atoms with Crippen LogP contribution >= 0.6 is 11.6 Å². The van der Waals surface area contributed by atoms with Crippen molar-refractivity contribution < 1.29 is 4.39 Å². The summed E-state index contributed by atoms with van der Waals surface area (Å²) in [6.07, 6.45) is 4.89. The number of nitrogens with two attached hydrogens (primary N) is 1. The second kappa shape index (κ2) is 8.48. The van der Waals surface area contributed by atoms with Gasteiger partial charge in [0.05, 0.1) is 10.9 Å². The van der Waals surface area contributed by atoms with E-state index in [4.69, 9.17) is 27.3 Å². The molecule has 5 heterocycles. The van der Waals surface area contributed by atoms with Crippen molar-refractivity contribution in [1.82, 2.24) is 20.3 Å². The number of pyridine rings is 1. The lowest BCUT2D eigenvalue weighted by Gasteiger charge is -2.47. The average molecular weight is 518 g/mol. The van der Waals surface area contributed by atoms with Gasteiger partial charge in [0.15, 0.2) is 5.82 Å². The molecule has 3 fully saturated rings. The van der Waals surface area contributed by atoms with Crippen molar-refractivity contribution in [2.45, 2.75) is 43.8 Å². The van der Waals surface area contributed by atoms with Gasteiger partial charge >= 0.3 is 0 Å². The molecule has 3 aliphatic heterocycles. The number of nitrogens with zero attached hydrogens (tertiary/aromatic N) is 5. The highest BCUT2D eigenvalue weighted by molar-refractivity contribution is 6.36. The summed E-state index contributed by atoms with van der Waals surface area (Å²) in [6.45, 7) is 5.06. The molecular formula is C28H29ClFN7. The summed E-state index contributed by atoms with van der Waals surface area (Å²) < 4.78 is 16.4. The van der Waals surface area contributed by atoms with E-state index in [0.29, 0.717) is 47.1 Å². The number of piperazine rings is 1. The van der Waals surface area contributed by atoms with Gasteiger partial charge in [-0.2, -0.15) is 4.98 Å². The molecule has 37 heavy (non-hydrogen) atoms. The zero-order valence-electron chi connectivity index (χ0n) is 20.7. The largest absolute Gasteiger partial charge is 0.353 e. The Bertz CT molecular complexity index is 1520. The molecule has 0 aliphatic carbocycles. The lowest BCUT2D eigenvalue weighted by molar-refractivity contribution is 0.318. The Hall–Kier alpha value is -3.07. The van der Waals surface area contributed by atoms with E-state index in [0.717, 1.165) is 48.9 Å². The fourth-order valence-electron chi connectivity index (χ4n) is 6.14. The van der Waals surface area contributed by atoms with Crippen LogP contribution in [-0.4, -0.2) is 58.8 Å². The molecule has 3 saturated heterocycles. The molecule has 0 saturated carbocycles. The van der Waals surface area contributed by atoms with Gasteiger partial charge in [0.2, 0.25) is 5.95 Å². The molecule has 7 nitrogen and oxygen atoms in total. The van der Waals surface area contributed by atoms with Crippen LogP contribution in [0.3, 0.4) is 0 Å². The fourth-order valence-corrected chi connectivity index (χ4v) is 6.43. The molecule has 2 aromatic carbocycles. The van der Waals surface area contributed by atoms with Crippen LogP contribution in [0.4, 0.5) is 16.2 Å². The van der Waals surface area contributed by atoms with E-state index in [9.17, 15) is 0 Å². The van der Waals surface area contributed by atoms with E-state index in [1.807, 2.05) is 36.4 Å². The van der Waals surface area contributed by atoms with E-state index < -0.39 is 5.82 Å². The van der Waals surface area contributed by atoms with Crippen LogP contribution in [0, 0.1) is 5.82 Å². The first-order valence-corrected chi connectivity index (χ1v) is 13.4. The Morgan fingerprint density at radius 1 is 1.08 bits per heavy atom. The maximum Gasteiger partial charge on any atom is 0.228 e. The van der Waals surface area contributed by atoms with Crippen LogP contribution in [0.15, 0.2) is 42.6 Å². The molecule has 0 amide bonds. The molecule has 9 heteroatoms. The molecule has 0 spiro atoms. The predicted octanol–water partition coefficient (Wildman–Crippen LogP) is 4.51. The van der Waals surface area contributed by atoms with Gasteiger partial charge in [-0.1, -0.05) is 48.9 Å². The van der Waals surface area contributed by atoms with Crippen molar-refractivity contribution in [3.63, 3.8) is 0 Å². The predicted molar refractivity (Wildman–Crippen MR) is 147 cm³/mol. The zero-order chi connectivity index (χ0) is 25.3. The summed E-state index contributed by atoms with van der Waals surface area (Å²) in [7, 11) is 0. The number of benzene rings is 2. The SMILES string of the molecule is CCC1(N)CN(c2nc(N3CC4CCC(C3)N4)c3cnc(-c4cccc5cccc(Cl)c45)c(F)c3n2)C1. The Kier molecular flexibility index (Phi) is 5.29. The number of fused-ring (bicyclic) bond motifs is 4. The Morgan fingerprint density at radius 2 is 1.81 bits per heavy atom. The Balaban J connectivity index is 1.41. The van der Waals surface area contributed by atoms with Gasteiger partial charge in [-0.05, 0) is 30.7 Å². The highest BCUT2D eigenvalue weighted by Gasteiger charge is 2.40. The molecule has 7 rings (SSSR count). The molecule has 0 radical (unpaired) electrons. The summed E-state index contributed by atoms with van der Waals surface area (Å²) >= 11 is 6.57. The van der Waals surface area contributed by atoms with Gasteiger partial charge in [-0.15, -0.1) is 0 Å². The lowest BCUT2D eigenvalue weighted by Crippen LogP contribution is -2.67. The minimum atomic E-state index is -0.456. The number of hydrogen-bond donors (Lipinski definition) is 2. The topological polar surface area (TPSA) is 83.2 Å². The second-order valence-corrected chi connectivity index (χ2v) is 11.2. The molecule has 2 unspecified atom stereocenters. The van der Waals surface area contributed by atoms with E-state index >= 15 is 4.39 Å². The fraction of sp³-hybridized carbons (Fsp3) is 0.393. The lowest BCUT2D eigenvalue weighted by atomic mass is 9.89. The average Bonchev–Trinajstić information content (AvgIpc) is 3.23. The van der Waals surface area contributed by atoms with Crippen LogP contribution in [0.25, 0.3) is 32.9 Å². The number of aromatic nitrogens is 3. The molecule has 3 aliphatic rings. The maximum absolute atomic E-state index is 16.4. The third-order valence-corrected chi connectivity index (χ3v) is 8.59. The van der Waals surface area contributed by atoms with Crippen molar-refractivity contribution in [1.29, 1.82) is 0 Å². The van der Waals surface area contributed by atoms with Crippen LogP contribution in [-0.2, 0) is 0 Å². The summed E-state index contributed by atoms with van der Waals surface area (Å²) in [5.41, 5.74) is 7.38. The van der Waals surface area contributed by atoms with Gasteiger partial charge in [-0.3, -0.25) is 4.98 Å². The normalized spacial score (nSPS) is 22.6. The van der Waals surface area contributed by atoms with Gasteiger partial charge in [0.1, 0.15) is 17.0 Å². The summed E-state index contributed by atoms with van der Waals surface area (Å²) in [6, 6.07) is 12.3. The maximum atomic E-state index is 16.4. The van der Waals surface area contributed by atoms with Crippen molar-refractivity contribution in [2.24, 2.45) is 5.73 Å². The molecule has 4 aromatic rings. The molecule has 2 atom stereocenters. The quantitative estimate of drug-likeness (QED) is 0.412. The molecular weight excluding hydrogens is 489 g/mol. The first-order valence-electron chi connectivity index (χ1n) is 13.0. The third-order valence-electron chi connectivity index (χ3n) is 8.28. The van der Waals surface area contributed by atoms with Crippen molar-refractivity contribution in [3.8, 4) is 11.3 Å². The number of nitrogens with one attached hydrogen (secondary N) is 1. The van der Waals surface area contributed by atoms with E-state index in [2.05, 4.69) is 27.0 Å². The van der Waals surface area contributed by atoms with Gasteiger partial charge in [-0.25, -0.2) is 9.37 Å². The minimum absolute atomic E-state index is 0.243. The first-order chi connectivity index (χ1) is 17.9. The summed E-state index contributed by atoms with van der Waals surface area (Å²) in [4.78, 5) is 18.7. The standard InChI is InChI=1S/C28H29ClFN7/c1-2-28(31)14-37(15-28)27-34-25-20(26(35-27)36-12-17-9-10-18(13-36)33-17)11-32-24(23(25)30)19-7-3-5-16-6-4-8-21(29)22(16)19/h3-8,11,17-18,33H,2,9-10,12-15,31H2,1H3. The van der Waals surface area contributed by atoms with Gasteiger partial charge in [0.25, 0.3) is 0 Å². The molecule has 3 N–H and O–H groups in total. The second-order valence-electron chi connectivity index (χ2n) is 10.8. The van der Waals surface area contributed by atoms with Crippen LogP contribution in [0.5, 0.6) is 0 Å². The van der Waals surface area contributed by atoms with E-state index in [1.165, 1.54) is 0 Å². The van der Waals surface area contributed by atoms with E-state index in [-0.39, 0.29) is 16.7 Å². The third kappa shape index (κ3) is 3.73. The number of hydrogen-bond acceptors (Lipinski definition) is 7. The number of rotatable bonds is 4. The number of anilines is 2. The van der Waals surface area contributed by atoms with Crippen molar-refractivity contribution >= 4 is 45.0 Å². The van der Waals surface area contributed by atoms with Crippen LogP contribution in [0.2, 0.25) is 5.02 Å². The van der Waals surface area contributed by atoms with Crippen molar-refractivity contribution in [3.05, 3.63) is 53.4 Å². The smallest absolute Gasteiger partial charge is 0.228 e. The molecule has 2 aromatic heterocycles. The Morgan fingerprint density at radius 3 is 2.54 bits per heavy atom. The minimum Gasteiger partial charge on any atom is -0.353 e. The highest BCUT2D eigenvalue weighted by atomic mass is 35.5. The van der Waals surface area contributed by atoms with Gasteiger partial charge < -0.3 is 20.9 Å². The number of halogens is 2. The van der Waals surface area contributed by atoms with E-state index in [1.54, 1.807) is 6.20 Å². The van der Waals surface area contributed by atoms with Crippen LogP contribution < -0.4 is 20.9 Å². The molecule has 190 valence electrons. The Labute approximate surface area is 219 Å². The highest BCUT2D eigenvalue weighted by Crippen LogP contribution is 2.38.